The number of thiophene rings is 1. The van der Waals surface area contributed by atoms with E-state index in [0.29, 0.717) is 9.90 Å². The fourth-order valence-electron chi connectivity index (χ4n) is 1.46. The summed E-state index contributed by atoms with van der Waals surface area (Å²) in [6, 6.07) is 9.11. The molecule has 1 amide bonds. The molecule has 0 spiro atoms. The molecule has 2 nitrogen and oxygen atoms in total. The number of carbonyl (C=O) groups is 1. The monoisotopic (exact) mass is 343 g/mol. The topological polar surface area (TPSA) is 29.1 Å². The van der Waals surface area contributed by atoms with Gasteiger partial charge in [0.05, 0.1) is 10.6 Å². The largest absolute Gasteiger partial charge is 0.320 e. The van der Waals surface area contributed by atoms with E-state index >= 15 is 0 Å². The van der Waals surface area contributed by atoms with Crippen molar-refractivity contribution in [3.63, 3.8) is 0 Å². The number of nitrogens with one attached hydrogen (secondary N) is 1. The van der Waals surface area contributed by atoms with Gasteiger partial charge in [-0.1, -0.05) is 18.5 Å². The predicted octanol–water partition coefficient (Wildman–Crippen LogP) is 4.98. The lowest BCUT2D eigenvalue weighted by Crippen LogP contribution is -2.10. The van der Waals surface area contributed by atoms with Crippen LogP contribution in [-0.2, 0) is 6.42 Å². The molecule has 5 heteroatoms. The molecule has 0 radical (unpaired) electrons. The van der Waals surface area contributed by atoms with Crippen LogP contribution in [0.2, 0.25) is 5.02 Å². The van der Waals surface area contributed by atoms with Crippen LogP contribution in [0.3, 0.4) is 0 Å². The van der Waals surface area contributed by atoms with Crippen molar-refractivity contribution >= 4 is 50.5 Å². The maximum atomic E-state index is 12.0. The molecule has 0 unspecified atom stereocenters. The fraction of sp³-hybridized carbons (Fsp3) is 0.154. The second-order valence-electron chi connectivity index (χ2n) is 3.70. The van der Waals surface area contributed by atoms with Crippen molar-refractivity contribution in [3.05, 3.63) is 49.6 Å². The smallest absolute Gasteiger partial charge is 0.265 e. The van der Waals surface area contributed by atoms with Gasteiger partial charge in [-0.3, -0.25) is 4.79 Å². The summed E-state index contributed by atoms with van der Waals surface area (Å²) in [6.07, 6.45) is 0.947. The van der Waals surface area contributed by atoms with Crippen molar-refractivity contribution in [3.8, 4) is 0 Å². The molecule has 2 aromatic rings. The quantitative estimate of drug-likeness (QED) is 0.836. The molecule has 1 N–H and O–H groups in total. The highest BCUT2D eigenvalue weighted by Crippen LogP contribution is 2.27. The standard InChI is InChI=1S/C13H11BrClNOS/c1-2-9-4-6-12(18-9)13(17)16-11-5-3-8(15)7-10(11)14/h3-7H,2H2,1H3,(H,16,17). The molecule has 18 heavy (non-hydrogen) atoms. The number of amides is 1. The minimum Gasteiger partial charge on any atom is -0.320 e. The Kier molecular flexibility index (Phi) is 4.43. The zero-order valence-electron chi connectivity index (χ0n) is 9.67. The summed E-state index contributed by atoms with van der Waals surface area (Å²) >= 11 is 10.7. The number of rotatable bonds is 3. The van der Waals surface area contributed by atoms with E-state index in [0.717, 1.165) is 16.6 Å². The Morgan fingerprint density at radius 2 is 2.17 bits per heavy atom. The van der Waals surface area contributed by atoms with Crippen LogP contribution in [0.1, 0.15) is 21.5 Å². The highest BCUT2D eigenvalue weighted by Gasteiger charge is 2.10. The van der Waals surface area contributed by atoms with Gasteiger partial charge in [-0.05, 0) is 52.7 Å². The van der Waals surface area contributed by atoms with Crippen molar-refractivity contribution in [2.75, 3.05) is 5.32 Å². The number of carbonyl (C=O) groups excluding carboxylic acids is 1. The van der Waals surface area contributed by atoms with Crippen molar-refractivity contribution < 1.29 is 4.79 Å². The molecule has 0 fully saturated rings. The van der Waals surface area contributed by atoms with Crippen molar-refractivity contribution in [1.82, 2.24) is 0 Å². The molecular weight excluding hydrogens is 334 g/mol. The summed E-state index contributed by atoms with van der Waals surface area (Å²) in [5.41, 5.74) is 0.718. The molecule has 0 atom stereocenters. The molecule has 0 saturated carbocycles. The van der Waals surface area contributed by atoms with E-state index in [4.69, 9.17) is 11.6 Å². The Hall–Kier alpha value is -0.840. The number of halogens is 2. The zero-order valence-corrected chi connectivity index (χ0v) is 12.8. The average molecular weight is 345 g/mol. The SMILES string of the molecule is CCc1ccc(C(=O)Nc2ccc(Cl)cc2Br)s1. The summed E-state index contributed by atoms with van der Waals surface area (Å²) in [6.45, 7) is 2.07. The van der Waals surface area contributed by atoms with Gasteiger partial charge in [0.2, 0.25) is 0 Å². The van der Waals surface area contributed by atoms with E-state index in [9.17, 15) is 4.79 Å². The van der Waals surface area contributed by atoms with Crippen molar-refractivity contribution in [2.45, 2.75) is 13.3 Å². The molecule has 1 heterocycles. The normalized spacial score (nSPS) is 10.4. The van der Waals surface area contributed by atoms with Crippen LogP contribution in [0.15, 0.2) is 34.8 Å². The molecular formula is C13H11BrClNOS. The third-order valence-corrected chi connectivity index (χ3v) is 4.53. The first-order chi connectivity index (χ1) is 8.60. The van der Waals surface area contributed by atoms with Gasteiger partial charge in [-0.25, -0.2) is 0 Å². The van der Waals surface area contributed by atoms with Gasteiger partial charge in [0, 0.05) is 14.4 Å². The third-order valence-electron chi connectivity index (χ3n) is 2.41. The molecule has 2 rings (SSSR count). The average Bonchev–Trinajstić information content (AvgIpc) is 2.81. The minimum atomic E-state index is -0.0947. The lowest BCUT2D eigenvalue weighted by molar-refractivity contribution is 0.103. The first kappa shape index (κ1) is 13.6. The molecule has 0 aliphatic carbocycles. The van der Waals surface area contributed by atoms with Crippen LogP contribution in [0.25, 0.3) is 0 Å². The number of aryl methyl sites for hydroxylation is 1. The maximum absolute atomic E-state index is 12.0. The summed E-state index contributed by atoms with van der Waals surface area (Å²) < 4.78 is 0.774. The molecule has 0 aliphatic rings. The Labute approximate surface area is 123 Å². The number of hydrogen-bond acceptors (Lipinski definition) is 2. The fourth-order valence-corrected chi connectivity index (χ4v) is 3.09. The minimum absolute atomic E-state index is 0.0947. The highest BCUT2D eigenvalue weighted by molar-refractivity contribution is 9.10. The van der Waals surface area contributed by atoms with Crippen molar-refractivity contribution in [1.29, 1.82) is 0 Å². The third kappa shape index (κ3) is 3.13. The summed E-state index contributed by atoms with van der Waals surface area (Å²) in [5.74, 6) is -0.0947. The molecule has 0 aliphatic heterocycles. The van der Waals surface area contributed by atoms with Gasteiger partial charge in [0.25, 0.3) is 5.91 Å². The highest BCUT2D eigenvalue weighted by atomic mass is 79.9. The van der Waals surface area contributed by atoms with Crippen LogP contribution in [0, 0.1) is 0 Å². The number of anilines is 1. The zero-order chi connectivity index (χ0) is 13.1. The van der Waals surface area contributed by atoms with Gasteiger partial charge in [0.15, 0.2) is 0 Å². The van der Waals surface area contributed by atoms with E-state index in [1.807, 2.05) is 12.1 Å². The van der Waals surface area contributed by atoms with E-state index in [1.54, 1.807) is 18.2 Å². The van der Waals surface area contributed by atoms with E-state index in [-0.39, 0.29) is 5.91 Å². The van der Waals surface area contributed by atoms with Gasteiger partial charge in [-0.2, -0.15) is 0 Å². The van der Waals surface area contributed by atoms with Crippen LogP contribution >= 0.6 is 38.9 Å². The molecule has 94 valence electrons. The Bertz CT molecular complexity index is 582. The van der Waals surface area contributed by atoms with Gasteiger partial charge >= 0.3 is 0 Å². The van der Waals surface area contributed by atoms with Crippen molar-refractivity contribution in [2.24, 2.45) is 0 Å². The first-order valence-corrected chi connectivity index (χ1v) is 7.44. The van der Waals surface area contributed by atoms with Crippen LogP contribution in [0.4, 0.5) is 5.69 Å². The maximum Gasteiger partial charge on any atom is 0.265 e. The molecule has 1 aromatic heterocycles. The Morgan fingerprint density at radius 3 is 2.78 bits per heavy atom. The lowest BCUT2D eigenvalue weighted by atomic mass is 10.3. The number of benzene rings is 1. The molecule has 0 bridgehead atoms. The first-order valence-electron chi connectivity index (χ1n) is 5.45. The van der Waals surface area contributed by atoms with Crippen LogP contribution in [-0.4, -0.2) is 5.91 Å². The lowest BCUT2D eigenvalue weighted by Gasteiger charge is -2.06. The molecule has 0 saturated heterocycles. The summed E-state index contributed by atoms with van der Waals surface area (Å²) in [7, 11) is 0. The molecule has 1 aromatic carbocycles. The summed E-state index contributed by atoms with van der Waals surface area (Å²) in [4.78, 5) is 13.9. The van der Waals surface area contributed by atoms with Crippen LogP contribution in [0.5, 0.6) is 0 Å². The van der Waals surface area contributed by atoms with Gasteiger partial charge in [0.1, 0.15) is 0 Å². The van der Waals surface area contributed by atoms with Crippen LogP contribution < -0.4 is 5.32 Å². The van der Waals surface area contributed by atoms with E-state index in [1.165, 1.54) is 16.2 Å². The van der Waals surface area contributed by atoms with E-state index in [2.05, 4.69) is 28.2 Å². The Morgan fingerprint density at radius 1 is 1.39 bits per heavy atom. The Balaban J connectivity index is 2.16. The second kappa shape index (κ2) is 5.87. The van der Waals surface area contributed by atoms with Gasteiger partial charge in [-0.15, -0.1) is 11.3 Å². The second-order valence-corrected chi connectivity index (χ2v) is 6.16. The van der Waals surface area contributed by atoms with Gasteiger partial charge < -0.3 is 5.32 Å². The summed E-state index contributed by atoms with van der Waals surface area (Å²) in [5, 5.41) is 3.49. The van der Waals surface area contributed by atoms with E-state index < -0.39 is 0 Å². The number of hydrogen-bond donors (Lipinski definition) is 1. The predicted molar refractivity (Wildman–Crippen MR) is 80.8 cm³/mol.